The van der Waals surface area contributed by atoms with E-state index >= 15 is 0 Å². The maximum absolute atomic E-state index is 3.67. The molecule has 16 heavy (non-hydrogen) atoms. The predicted molar refractivity (Wildman–Crippen MR) is 71.8 cm³/mol. The predicted octanol–water partition coefficient (Wildman–Crippen LogP) is 2.89. The van der Waals surface area contributed by atoms with Crippen LogP contribution in [0.2, 0.25) is 0 Å². The normalized spacial score (nSPS) is 23.6. The second-order valence-corrected chi connectivity index (χ2v) is 5.52. The molecule has 1 saturated heterocycles. The van der Waals surface area contributed by atoms with Gasteiger partial charge in [-0.1, -0.05) is 40.0 Å². The third kappa shape index (κ3) is 5.31. The smallest absolute Gasteiger partial charge is 0.0217 e. The Kier molecular flexibility index (Phi) is 7.06. The van der Waals surface area contributed by atoms with E-state index in [4.69, 9.17) is 0 Å². The lowest BCUT2D eigenvalue weighted by molar-refractivity contribution is 0.241. The third-order valence-electron chi connectivity index (χ3n) is 3.65. The van der Waals surface area contributed by atoms with Crippen LogP contribution in [0.3, 0.4) is 0 Å². The van der Waals surface area contributed by atoms with Crippen LogP contribution >= 0.6 is 0 Å². The van der Waals surface area contributed by atoms with Gasteiger partial charge in [-0.05, 0) is 38.4 Å². The van der Waals surface area contributed by atoms with Gasteiger partial charge in [0, 0.05) is 12.6 Å². The summed E-state index contributed by atoms with van der Waals surface area (Å²) in [5, 5.41) is 3.67. The lowest BCUT2D eigenvalue weighted by Crippen LogP contribution is -2.41. The molecule has 1 N–H and O–H groups in total. The minimum absolute atomic E-state index is 0.702. The first-order valence-electron chi connectivity index (χ1n) is 7.19. The van der Waals surface area contributed by atoms with Gasteiger partial charge >= 0.3 is 0 Å². The van der Waals surface area contributed by atoms with Gasteiger partial charge in [-0.2, -0.15) is 0 Å². The molecule has 0 spiro atoms. The highest BCUT2D eigenvalue weighted by Crippen LogP contribution is 2.10. The zero-order chi connectivity index (χ0) is 11.8. The van der Waals surface area contributed by atoms with Gasteiger partial charge in [-0.25, -0.2) is 0 Å². The largest absolute Gasteiger partial charge is 0.312 e. The number of unbranched alkanes of at least 4 members (excludes halogenated alkanes) is 3. The number of nitrogens with one attached hydrogen (secondary N) is 1. The van der Waals surface area contributed by atoms with E-state index in [0.29, 0.717) is 6.04 Å². The lowest BCUT2D eigenvalue weighted by Gasteiger charge is -2.26. The number of hydrogen-bond acceptors (Lipinski definition) is 2. The molecule has 0 radical (unpaired) electrons. The highest BCUT2D eigenvalue weighted by atomic mass is 15.2. The molecule has 1 unspecified atom stereocenters. The quantitative estimate of drug-likeness (QED) is 0.701. The molecule has 0 saturated carbocycles. The molecule has 0 aliphatic carbocycles. The number of hydrogen-bond donors (Lipinski definition) is 1. The molecule has 1 aliphatic rings. The van der Waals surface area contributed by atoms with Gasteiger partial charge in [0.15, 0.2) is 0 Å². The molecule has 0 aromatic rings. The molecule has 2 heteroatoms. The molecule has 0 bridgehead atoms. The van der Waals surface area contributed by atoms with Crippen LogP contribution in [0.1, 0.15) is 52.9 Å². The van der Waals surface area contributed by atoms with Crippen LogP contribution in [0.4, 0.5) is 0 Å². The molecule has 0 amide bonds. The Morgan fingerprint density at radius 3 is 2.75 bits per heavy atom. The van der Waals surface area contributed by atoms with Crippen molar-refractivity contribution in [1.82, 2.24) is 10.2 Å². The summed E-state index contributed by atoms with van der Waals surface area (Å²) in [4.78, 5) is 2.67. The van der Waals surface area contributed by atoms with Gasteiger partial charge in [0.25, 0.3) is 0 Å². The van der Waals surface area contributed by atoms with Crippen LogP contribution in [0, 0.1) is 5.92 Å². The summed E-state index contributed by atoms with van der Waals surface area (Å²) in [5.74, 6) is 0.760. The molecule has 0 aromatic heterocycles. The van der Waals surface area contributed by atoms with Crippen molar-refractivity contribution in [3.8, 4) is 0 Å². The van der Waals surface area contributed by atoms with Crippen LogP contribution in [0.5, 0.6) is 0 Å². The molecular formula is C14H30N2. The van der Waals surface area contributed by atoms with Crippen LogP contribution in [-0.4, -0.2) is 37.1 Å². The molecular weight excluding hydrogens is 196 g/mol. The Bertz CT molecular complexity index is 168. The van der Waals surface area contributed by atoms with Crippen LogP contribution in [0.15, 0.2) is 0 Å². The molecule has 1 rings (SSSR count). The molecule has 1 aliphatic heterocycles. The number of rotatable bonds is 6. The van der Waals surface area contributed by atoms with E-state index < -0.39 is 0 Å². The fraction of sp³-hybridized carbons (Fsp3) is 1.00. The first kappa shape index (κ1) is 14.0. The number of nitrogens with zero attached hydrogens (tertiary/aromatic N) is 1. The summed E-state index contributed by atoms with van der Waals surface area (Å²) >= 11 is 0. The van der Waals surface area contributed by atoms with Crippen molar-refractivity contribution in [2.75, 3.05) is 26.2 Å². The van der Waals surface area contributed by atoms with Gasteiger partial charge in [0.05, 0.1) is 0 Å². The Hall–Kier alpha value is -0.0800. The van der Waals surface area contributed by atoms with Crippen molar-refractivity contribution in [3.63, 3.8) is 0 Å². The summed E-state index contributed by atoms with van der Waals surface area (Å²) in [5.41, 5.74) is 0. The summed E-state index contributed by atoms with van der Waals surface area (Å²) in [6, 6.07) is 0.702. The van der Waals surface area contributed by atoms with Gasteiger partial charge in [0.1, 0.15) is 0 Å². The zero-order valence-electron chi connectivity index (χ0n) is 11.5. The van der Waals surface area contributed by atoms with E-state index in [0.717, 1.165) is 5.92 Å². The third-order valence-corrected chi connectivity index (χ3v) is 3.65. The van der Waals surface area contributed by atoms with E-state index in [2.05, 4.69) is 31.0 Å². The summed E-state index contributed by atoms with van der Waals surface area (Å²) < 4.78 is 0. The van der Waals surface area contributed by atoms with Gasteiger partial charge in [0.2, 0.25) is 0 Å². The van der Waals surface area contributed by atoms with Crippen molar-refractivity contribution >= 4 is 0 Å². The Morgan fingerprint density at radius 2 is 2.06 bits per heavy atom. The molecule has 1 atom stereocenters. The average Bonchev–Trinajstić information content (AvgIpc) is 2.50. The highest BCUT2D eigenvalue weighted by molar-refractivity contribution is 4.78. The summed E-state index contributed by atoms with van der Waals surface area (Å²) in [6.45, 7) is 12.0. The average molecular weight is 226 g/mol. The van der Waals surface area contributed by atoms with Gasteiger partial charge in [-0.3, -0.25) is 0 Å². The molecule has 1 fully saturated rings. The topological polar surface area (TPSA) is 15.3 Å². The summed E-state index contributed by atoms with van der Waals surface area (Å²) in [6.07, 6.45) is 6.86. The van der Waals surface area contributed by atoms with Crippen molar-refractivity contribution in [2.45, 2.75) is 58.9 Å². The highest BCUT2D eigenvalue weighted by Gasteiger charge is 2.19. The van der Waals surface area contributed by atoms with E-state index in [1.54, 1.807) is 0 Å². The van der Waals surface area contributed by atoms with E-state index in [9.17, 15) is 0 Å². The molecule has 1 heterocycles. The summed E-state index contributed by atoms with van der Waals surface area (Å²) in [7, 11) is 0. The maximum Gasteiger partial charge on any atom is 0.0217 e. The fourth-order valence-electron chi connectivity index (χ4n) is 2.44. The van der Waals surface area contributed by atoms with Gasteiger partial charge in [-0.15, -0.1) is 0 Å². The zero-order valence-corrected chi connectivity index (χ0v) is 11.5. The standard InChI is InChI=1S/C14H30N2/c1-4-5-6-7-10-16-11-8-9-15-14(12-16)13(2)3/h13-15H,4-12H2,1-3H3. The first-order valence-corrected chi connectivity index (χ1v) is 7.19. The Balaban J connectivity index is 2.23. The van der Waals surface area contributed by atoms with E-state index in [1.165, 1.54) is 58.3 Å². The minimum Gasteiger partial charge on any atom is -0.312 e. The second kappa shape index (κ2) is 8.08. The van der Waals surface area contributed by atoms with Gasteiger partial charge < -0.3 is 10.2 Å². The lowest BCUT2D eigenvalue weighted by atomic mass is 10.0. The molecule has 96 valence electrons. The van der Waals surface area contributed by atoms with Crippen LogP contribution < -0.4 is 5.32 Å². The van der Waals surface area contributed by atoms with Crippen molar-refractivity contribution in [1.29, 1.82) is 0 Å². The Labute approximate surface area is 102 Å². The molecule has 2 nitrogen and oxygen atoms in total. The van der Waals surface area contributed by atoms with Crippen molar-refractivity contribution in [2.24, 2.45) is 5.92 Å². The van der Waals surface area contributed by atoms with Crippen LogP contribution in [0.25, 0.3) is 0 Å². The molecule has 0 aromatic carbocycles. The maximum atomic E-state index is 3.67. The van der Waals surface area contributed by atoms with E-state index in [-0.39, 0.29) is 0 Å². The second-order valence-electron chi connectivity index (χ2n) is 5.52. The first-order chi connectivity index (χ1) is 7.74. The van der Waals surface area contributed by atoms with Crippen LogP contribution in [-0.2, 0) is 0 Å². The van der Waals surface area contributed by atoms with Crippen molar-refractivity contribution < 1.29 is 0 Å². The fourth-order valence-corrected chi connectivity index (χ4v) is 2.44. The Morgan fingerprint density at radius 1 is 1.25 bits per heavy atom. The monoisotopic (exact) mass is 226 g/mol. The SMILES string of the molecule is CCCCCCN1CCCNC(C(C)C)C1. The van der Waals surface area contributed by atoms with Crippen molar-refractivity contribution in [3.05, 3.63) is 0 Å². The van der Waals surface area contributed by atoms with E-state index in [1.807, 2.05) is 0 Å². The minimum atomic E-state index is 0.702.